The number of imidazole rings is 1. The Labute approximate surface area is 115 Å². The molecule has 0 spiro atoms. The van der Waals surface area contributed by atoms with Crippen LogP contribution in [0.15, 0.2) is 12.4 Å². The van der Waals surface area contributed by atoms with E-state index in [0.29, 0.717) is 18.7 Å². The van der Waals surface area contributed by atoms with E-state index in [4.69, 9.17) is 0 Å². The largest absolute Gasteiger partial charge is 0.347 e. The summed E-state index contributed by atoms with van der Waals surface area (Å²) >= 11 is 0. The topological polar surface area (TPSA) is 86.9 Å². The molecule has 0 bridgehead atoms. The van der Waals surface area contributed by atoms with Gasteiger partial charge in [0.1, 0.15) is 5.82 Å². The molecule has 1 rings (SSSR count). The average Bonchev–Trinajstić information content (AvgIpc) is 2.89. The SMILES string of the molecule is CCCNCCCS(=O)(=O)NC(CC)c1ncc[nH]1. The third kappa shape index (κ3) is 6.17. The number of nitrogens with one attached hydrogen (secondary N) is 3. The van der Waals surface area contributed by atoms with E-state index < -0.39 is 10.0 Å². The van der Waals surface area contributed by atoms with E-state index in [-0.39, 0.29) is 11.8 Å². The number of sulfonamides is 1. The molecule has 0 saturated carbocycles. The Morgan fingerprint density at radius 3 is 2.74 bits per heavy atom. The fourth-order valence-electron chi connectivity index (χ4n) is 1.77. The molecular formula is C12H24N4O2S. The summed E-state index contributed by atoms with van der Waals surface area (Å²) in [5, 5.41) is 3.19. The van der Waals surface area contributed by atoms with E-state index in [1.54, 1.807) is 12.4 Å². The fourth-order valence-corrected chi connectivity index (χ4v) is 3.12. The second-order valence-corrected chi connectivity index (χ2v) is 6.35. The Morgan fingerprint density at radius 1 is 1.37 bits per heavy atom. The second kappa shape index (κ2) is 8.29. The van der Waals surface area contributed by atoms with Gasteiger partial charge in [-0.05, 0) is 32.4 Å². The van der Waals surface area contributed by atoms with Crippen molar-refractivity contribution in [3.05, 3.63) is 18.2 Å². The number of nitrogens with zero attached hydrogens (tertiary/aromatic N) is 1. The summed E-state index contributed by atoms with van der Waals surface area (Å²) < 4.78 is 26.6. The first kappa shape index (κ1) is 16.1. The van der Waals surface area contributed by atoms with Crippen LogP contribution in [-0.4, -0.2) is 37.2 Å². The Hall–Kier alpha value is -0.920. The van der Waals surface area contributed by atoms with Gasteiger partial charge in [-0.3, -0.25) is 0 Å². The van der Waals surface area contributed by atoms with E-state index in [9.17, 15) is 8.42 Å². The van der Waals surface area contributed by atoms with Crippen LogP contribution in [0.2, 0.25) is 0 Å². The van der Waals surface area contributed by atoms with Crippen molar-refractivity contribution in [3.63, 3.8) is 0 Å². The first-order valence-corrected chi connectivity index (χ1v) is 8.44. The Kier molecular flexibility index (Phi) is 7.04. The van der Waals surface area contributed by atoms with Gasteiger partial charge in [0, 0.05) is 12.4 Å². The molecule has 0 aliphatic carbocycles. The molecule has 1 aromatic heterocycles. The van der Waals surface area contributed by atoms with Gasteiger partial charge in [0.2, 0.25) is 10.0 Å². The fraction of sp³-hybridized carbons (Fsp3) is 0.750. The summed E-state index contributed by atoms with van der Waals surface area (Å²) in [6, 6.07) is -0.274. The average molecular weight is 288 g/mol. The molecule has 110 valence electrons. The lowest BCUT2D eigenvalue weighted by Crippen LogP contribution is -2.32. The molecular weight excluding hydrogens is 264 g/mol. The van der Waals surface area contributed by atoms with Gasteiger partial charge >= 0.3 is 0 Å². The molecule has 1 unspecified atom stereocenters. The summed E-state index contributed by atoms with van der Waals surface area (Å²) in [6.07, 6.45) is 5.66. The summed E-state index contributed by atoms with van der Waals surface area (Å²) in [6.45, 7) is 5.67. The van der Waals surface area contributed by atoms with E-state index >= 15 is 0 Å². The van der Waals surface area contributed by atoms with Crippen LogP contribution in [0, 0.1) is 0 Å². The number of hydrogen-bond acceptors (Lipinski definition) is 4. The standard InChI is InChI=1S/C12H24N4O2S/c1-3-6-13-7-5-10-19(17,18)16-11(4-2)12-14-8-9-15-12/h8-9,11,13,16H,3-7,10H2,1-2H3,(H,14,15). The first-order chi connectivity index (χ1) is 9.09. The molecule has 0 aliphatic heterocycles. The number of hydrogen-bond donors (Lipinski definition) is 3. The van der Waals surface area contributed by atoms with Crippen molar-refractivity contribution < 1.29 is 8.42 Å². The van der Waals surface area contributed by atoms with E-state index in [1.807, 2.05) is 6.92 Å². The minimum absolute atomic E-state index is 0.140. The molecule has 0 saturated heterocycles. The van der Waals surface area contributed by atoms with Crippen molar-refractivity contribution in [2.24, 2.45) is 0 Å². The van der Waals surface area contributed by atoms with E-state index in [2.05, 4.69) is 26.9 Å². The Bertz CT molecular complexity index is 431. The van der Waals surface area contributed by atoms with Crippen molar-refractivity contribution in [1.82, 2.24) is 20.0 Å². The van der Waals surface area contributed by atoms with Gasteiger partial charge in [-0.2, -0.15) is 0 Å². The van der Waals surface area contributed by atoms with Crippen LogP contribution in [-0.2, 0) is 10.0 Å². The maximum atomic E-state index is 11.9. The molecule has 0 aromatic carbocycles. The summed E-state index contributed by atoms with van der Waals surface area (Å²) in [7, 11) is -3.26. The monoisotopic (exact) mass is 288 g/mol. The summed E-state index contributed by atoms with van der Waals surface area (Å²) in [5.41, 5.74) is 0. The van der Waals surface area contributed by atoms with E-state index in [0.717, 1.165) is 19.5 Å². The minimum atomic E-state index is -3.26. The highest BCUT2D eigenvalue weighted by Gasteiger charge is 2.19. The molecule has 0 radical (unpaired) electrons. The van der Waals surface area contributed by atoms with E-state index in [1.165, 1.54) is 0 Å². The second-order valence-electron chi connectivity index (χ2n) is 4.48. The van der Waals surface area contributed by atoms with Crippen LogP contribution in [0.1, 0.15) is 45.0 Å². The highest BCUT2D eigenvalue weighted by Crippen LogP contribution is 2.12. The maximum Gasteiger partial charge on any atom is 0.212 e. The van der Waals surface area contributed by atoms with Crippen molar-refractivity contribution in [3.8, 4) is 0 Å². The molecule has 0 fully saturated rings. The van der Waals surface area contributed by atoms with Gasteiger partial charge in [0.05, 0.1) is 11.8 Å². The lowest BCUT2D eigenvalue weighted by atomic mass is 10.2. The number of aromatic nitrogens is 2. The Balaban J connectivity index is 2.40. The third-order valence-electron chi connectivity index (χ3n) is 2.77. The summed E-state index contributed by atoms with van der Waals surface area (Å²) in [5.74, 6) is 0.802. The number of H-pyrrole nitrogens is 1. The predicted molar refractivity (Wildman–Crippen MR) is 76.3 cm³/mol. The number of aromatic amines is 1. The van der Waals surface area contributed by atoms with Crippen LogP contribution >= 0.6 is 0 Å². The molecule has 0 amide bonds. The smallest absolute Gasteiger partial charge is 0.212 e. The van der Waals surface area contributed by atoms with Gasteiger partial charge in [-0.1, -0.05) is 13.8 Å². The van der Waals surface area contributed by atoms with Crippen LogP contribution in [0.25, 0.3) is 0 Å². The van der Waals surface area contributed by atoms with Gasteiger partial charge in [-0.25, -0.2) is 18.1 Å². The van der Waals surface area contributed by atoms with Crippen molar-refractivity contribution >= 4 is 10.0 Å². The maximum absolute atomic E-state index is 11.9. The van der Waals surface area contributed by atoms with Crippen LogP contribution in [0.4, 0.5) is 0 Å². The van der Waals surface area contributed by atoms with Gasteiger partial charge in [-0.15, -0.1) is 0 Å². The predicted octanol–water partition coefficient (Wildman–Crippen LogP) is 1.17. The minimum Gasteiger partial charge on any atom is -0.347 e. The third-order valence-corrected chi connectivity index (χ3v) is 4.24. The quantitative estimate of drug-likeness (QED) is 0.564. The zero-order valence-electron chi connectivity index (χ0n) is 11.6. The molecule has 6 nitrogen and oxygen atoms in total. The van der Waals surface area contributed by atoms with Crippen molar-refractivity contribution in [1.29, 1.82) is 0 Å². The molecule has 1 aromatic rings. The first-order valence-electron chi connectivity index (χ1n) is 6.79. The molecule has 1 atom stereocenters. The molecule has 7 heteroatoms. The lowest BCUT2D eigenvalue weighted by molar-refractivity contribution is 0.535. The molecule has 19 heavy (non-hydrogen) atoms. The molecule has 3 N–H and O–H groups in total. The van der Waals surface area contributed by atoms with Gasteiger partial charge < -0.3 is 10.3 Å². The normalized spacial score (nSPS) is 13.6. The van der Waals surface area contributed by atoms with Gasteiger partial charge in [0.25, 0.3) is 0 Å². The van der Waals surface area contributed by atoms with Crippen molar-refractivity contribution in [2.45, 2.75) is 39.2 Å². The van der Waals surface area contributed by atoms with Crippen LogP contribution in [0.5, 0.6) is 0 Å². The van der Waals surface area contributed by atoms with Crippen LogP contribution in [0.3, 0.4) is 0 Å². The van der Waals surface area contributed by atoms with Crippen molar-refractivity contribution in [2.75, 3.05) is 18.8 Å². The van der Waals surface area contributed by atoms with Gasteiger partial charge in [0.15, 0.2) is 0 Å². The zero-order valence-corrected chi connectivity index (χ0v) is 12.5. The zero-order chi connectivity index (χ0) is 14.1. The Morgan fingerprint density at radius 2 is 2.16 bits per heavy atom. The lowest BCUT2D eigenvalue weighted by Gasteiger charge is -2.15. The molecule has 0 aliphatic rings. The van der Waals surface area contributed by atoms with Crippen LogP contribution < -0.4 is 10.0 Å². The summed E-state index contributed by atoms with van der Waals surface area (Å²) in [4.78, 5) is 7.04. The highest BCUT2D eigenvalue weighted by molar-refractivity contribution is 7.89. The number of rotatable bonds is 10. The highest BCUT2D eigenvalue weighted by atomic mass is 32.2. The molecule has 1 heterocycles.